The summed E-state index contributed by atoms with van der Waals surface area (Å²) in [6.07, 6.45) is -4.90. The maximum Gasteiger partial charge on any atom is 0.405 e. The fourth-order valence-corrected chi connectivity index (χ4v) is 3.19. The van der Waals surface area contributed by atoms with Gasteiger partial charge in [-0.1, -0.05) is 6.07 Å². The number of nitrogens with zero attached hydrogens (tertiary/aromatic N) is 5. The van der Waals surface area contributed by atoms with E-state index in [1.807, 2.05) is 0 Å². The largest absolute Gasteiger partial charge is 0.405 e. The second kappa shape index (κ2) is 8.65. The Morgan fingerprint density at radius 1 is 1.06 bits per heavy atom. The smallest absolute Gasteiger partial charge is 0.361 e. The Morgan fingerprint density at radius 3 is 2.44 bits per heavy atom. The molecule has 0 unspecified atom stereocenters. The highest BCUT2D eigenvalue weighted by atomic mass is 19.4. The molecule has 4 aromatic rings. The molecule has 0 aromatic carbocycles. The van der Waals surface area contributed by atoms with E-state index in [0.29, 0.717) is 0 Å². The van der Waals surface area contributed by atoms with Crippen LogP contribution in [0.25, 0.3) is 27.8 Å². The Morgan fingerprint density at radius 2 is 1.82 bits per heavy atom. The molecule has 0 bridgehead atoms. The van der Waals surface area contributed by atoms with E-state index >= 15 is 0 Å². The van der Waals surface area contributed by atoms with Crippen molar-refractivity contribution in [2.24, 2.45) is 7.05 Å². The van der Waals surface area contributed by atoms with E-state index in [1.165, 1.54) is 48.1 Å². The van der Waals surface area contributed by atoms with Crippen LogP contribution in [0.4, 0.5) is 27.8 Å². The first-order chi connectivity index (χ1) is 16.0. The zero-order valence-electron chi connectivity index (χ0n) is 17.3. The molecule has 34 heavy (non-hydrogen) atoms. The number of fused-ring (bicyclic) bond motifs is 1. The number of nitrogens with one attached hydrogen (secondary N) is 1. The summed E-state index contributed by atoms with van der Waals surface area (Å²) in [6.45, 7) is -1.35. The topological polar surface area (TPSA) is 94.7 Å². The molecule has 0 saturated heterocycles. The predicted octanol–water partition coefficient (Wildman–Crippen LogP) is 3.45. The van der Waals surface area contributed by atoms with Crippen molar-refractivity contribution in [3.05, 3.63) is 75.2 Å². The number of anilines is 1. The van der Waals surface area contributed by atoms with Crippen molar-refractivity contribution in [3.8, 4) is 16.8 Å². The number of alkyl halides is 5. The summed E-state index contributed by atoms with van der Waals surface area (Å²) in [5, 5.41) is 6.37. The zero-order valence-corrected chi connectivity index (χ0v) is 17.3. The molecule has 4 aromatic heterocycles. The molecule has 0 aliphatic carbocycles. The van der Waals surface area contributed by atoms with Gasteiger partial charge in [0.05, 0.1) is 11.3 Å². The maximum atomic E-state index is 13.4. The van der Waals surface area contributed by atoms with Crippen LogP contribution in [0.2, 0.25) is 0 Å². The van der Waals surface area contributed by atoms with Crippen LogP contribution in [0.3, 0.4) is 0 Å². The molecule has 13 heteroatoms. The number of pyridine rings is 3. The Labute approximate surface area is 187 Å². The van der Waals surface area contributed by atoms with Gasteiger partial charge < -0.3 is 9.88 Å². The standard InChI is InChI=1S/C21H15F5N6O2/c1-31-9-12(3-7-16(31)33)32-20(34)17(11-2-4-14(19(22)23)27-8-11)18-13(30-32)5-6-15(29-18)28-10-21(24,25)26/h2-9,19H,10H2,1H3,(H,28,29). The number of hydrogen-bond donors (Lipinski definition) is 1. The first kappa shape index (κ1) is 23.0. The van der Waals surface area contributed by atoms with Crippen LogP contribution in [-0.4, -0.2) is 37.0 Å². The Hall–Kier alpha value is -4.16. The third-order valence-electron chi connectivity index (χ3n) is 4.81. The third kappa shape index (κ3) is 4.63. The molecule has 0 amide bonds. The lowest BCUT2D eigenvalue weighted by Gasteiger charge is -2.13. The lowest BCUT2D eigenvalue weighted by atomic mass is 10.1. The number of aromatic nitrogens is 5. The molecular formula is C21H15F5N6O2. The summed E-state index contributed by atoms with van der Waals surface area (Å²) in [5.74, 6) is -0.163. The molecule has 4 rings (SSSR count). The molecule has 0 aliphatic rings. The van der Waals surface area contributed by atoms with E-state index in [0.717, 1.165) is 16.9 Å². The third-order valence-corrected chi connectivity index (χ3v) is 4.81. The summed E-state index contributed by atoms with van der Waals surface area (Å²) in [5.41, 5.74) is -1.26. The van der Waals surface area contributed by atoms with Gasteiger partial charge in [0.1, 0.15) is 29.1 Å². The zero-order chi connectivity index (χ0) is 24.6. The molecule has 0 saturated carbocycles. The minimum Gasteiger partial charge on any atom is -0.361 e. The van der Waals surface area contributed by atoms with Gasteiger partial charge in [-0.3, -0.25) is 14.6 Å². The number of halogens is 5. The van der Waals surface area contributed by atoms with Crippen molar-refractivity contribution in [1.82, 2.24) is 24.3 Å². The lowest BCUT2D eigenvalue weighted by Crippen LogP contribution is -2.26. The summed E-state index contributed by atoms with van der Waals surface area (Å²) in [7, 11) is 1.48. The number of rotatable bonds is 5. The average molecular weight is 478 g/mol. The highest BCUT2D eigenvalue weighted by Crippen LogP contribution is 2.26. The molecule has 0 fully saturated rings. The van der Waals surface area contributed by atoms with Gasteiger partial charge in [0.2, 0.25) is 5.56 Å². The van der Waals surface area contributed by atoms with Gasteiger partial charge in [0.25, 0.3) is 12.0 Å². The van der Waals surface area contributed by atoms with Crippen LogP contribution < -0.4 is 16.4 Å². The van der Waals surface area contributed by atoms with E-state index in [1.54, 1.807) is 0 Å². The SMILES string of the molecule is Cn1cc(-n2nc3ccc(NCC(F)(F)F)nc3c(-c3ccc(C(F)F)nc3)c2=O)ccc1=O. The van der Waals surface area contributed by atoms with Crippen LogP contribution in [0, 0.1) is 0 Å². The first-order valence-electron chi connectivity index (χ1n) is 9.70. The summed E-state index contributed by atoms with van der Waals surface area (Å²) < 4.78 is 66.0. The van der Waals surface area contributed by atoms with Gasteiger partial charge in [-0.2, -0.15) is 23.0 Å². The lowest BCUT2D eigenvalue weighted by molar-refractivity contribution is -0.115. The minimum absolute atomic E-state index is 0.0511. The molecule has 176 valence electrons. The van der Waals surface area contributed by atoms with Crippen LogP contribution in [0.15, 0.2) is 58.4 Å². The first-order valence-corrected chi connectivity index (χ1v) is 9.70. The fraction of sp³-hybridized carbons (Fsp3) is 0.190. The van der Waals surface area contributed by atoms with Gasteiger partial charge in [0, 0.05) is 31.1 Å². The maximum absolute atomic E-state index is 13.4. The van der Waals surface area contributed by atoms with E-state index in [-0.39, 0.29) is 39.2 Å². The monoisotopic (exact) mass is 478 g/mol. The van der Waals surface area contributed by atoms with Crippen LogP contribution in [0.1, 0.15) is 12.1 Å². The summed E-state index contributed by atoms with van der Waals surface area (Å²) in [6, 6.07) is 7.51. The van der Waals surface area contributed by atoms with Crippen molar-refractivity contribution < 1.29 is 22.0 Å². The van der Waals surface area contributed by atoms with E-state index in [4.69, 9.17) is 0 Å². The quantitative estimate of drug-likeness (QED) is 0.442. The molecule has 0 aliphatic heterocycles. The minimum atomic E-state index is -4.50. The molecule has 4 heterocycles. The van der Waals surface area contributed by atoms with Crippen molar-refractivity contribution >= 4 is 16.9 Å². The summed E-state index contributed by atoms with van der Waals surface area (Å²) in [4.78, 5) is 32.9. The number of aryl methyl sites for hydroxylation is 1. The van der Waals surface area contributed by atoms with E-state index < -0.39 is 30.4 Å². The van der Waals surface area contributed by atoms with Gasteiger partial charge in [-0.25, -0.2) is 13.8 Å². The van der Waals surface area contributed by atoms with Crippen LogP contribution in [0.5, 0.6) is 0 Å². The fourth-order valence-electron chi connectivity index (χ4n) is 3.19. The van der Waals surface area contributed by atoms with E-state index in [9.17, 15) is 31.5 Å². The van der Waals surface area contributed by atoms with Crippen molar-refractivity contribution in [2.45, 2.75) is 12.6 Å². The highest BCUT2D eigenvalue weighted by molar-refractivity contribution is 5.91. The predicted molar refractivity (Wildman–Crippen MR) is 113 cm³/mol. The van der Waals surface area contributed by atoms with Gasteiger partial charge in [-0.15, -0.1) is 0 Å². The van der Waals surface area contributed by atoms with Crippen molar-refractivity contribution in [1.29, 1.82) is 0 Å². The van der Waals surface area contributed by atoms with Gasteiger partial charge in [0.15, 0.2) is 0 Å². The van der Waals surface area contributed by atoms with Crippen LogP contribution >= 0.6 is 0 Å². The molecule has 0 radical (unpaired) electrons. The Balaban J connectivity index is 1.96. The molecular weight excluding hydrogens is 463 g/mol. The number of hydrogen-bond acceptors (Lipinski definition) is 6. The Kier molecular flexibility index (Phi) is 5.85. The van der Waals surface area contributed by atoms with Gasteiger partial charge >= 0.3 is 6.18 Å². The van der Waals surface area contributed by atoms with Crippen molar-refractivity contribution in [3.63, 3.8) is 0 Å². The van der Waals surface area contributed by atoms with Crippen molar-refractivity contribution in [2.75, 3.05) is 11.9 Å². The second-order valence-electron chi connectivity index (χ2n) is 7.23. The Bertz CT molecular complexity index is 1480. The average Bonchev–Trinajstić information content (AvgIpc) is 2.79. The summed E-state index contributed by atoms with van der Waals surface area (Å²) >= 11 is 0. The normalized spacial score (nSPS) is 11.9. The van der Waals surface area contributed by atoms with Gasteiger partial charge in [-0.05, 0) is 24.3 Å². The second-order valence-corrected chi connectivity index (χ2v) is 7.23. The molecule has 0 atom stereocenters. The van der Waals surface area contributed by atoms with Crippen LogP contribution in [-0.2, 0) is 7.05 Å². The van der Waals surface area contributed by atoms with E-state index in [2.05, 4.69) is 20.4 Å². The molecule has 0 spiro atoms. The highest BCUT2D eigenvalue weighted by Gasteiger charge is 2.27. The molecule has 1 N–H and O–H groups in total. The molecule has 8 nitrogen and oxygen atoms in total.